The van der Waals surface area contributed by atoms with E-state index < -0.39 is 0 Å². The fourth-order valence-electron chi connectivity index (χ4n) is 3.99. The second-order valence-electron chi connectivity index (χ2n) is 8.10. The van der Waals surface area contributed by atoms with E-state index >= 15 is 0 Å². The average molecular weight is 406 g/mol. The van der Waals surface area contributed by atoms with E-state index in [0.29, 0.717) is 12.3 Å². The minimum Gasteiger partial charge on any atom is -0.497 e. The molecular formula is C24H39NO4. The third-order valence-electron chi connectivity index (χ3n) is 5.89. The first kappa shape index (κ1) is 23.5. The number of piperidine rings is 1. The van der Waals surface area contributed by atoms with Gasteiger partial charge in [-0.15, -0.1) is 0 Å². The number of benzene rings is 1. The van der Waals surface area contributed by atoms with Crippen molar-refractivity contribution in [1.82, 2.24) is 0 Å². The van der Waals surface area contributed by atoms with Gasteiger partial charge in [0.2, 0.25) is 0 Å². The van der Waals surface area contributed by atoms with Gasteiger partial charge in [-0.05, 0) is 55.7 Å². The molecule has 2 unspecified atom stereocenters. The summed E-state index contributed by atoms with van der Waals surface area (Å²) < 4.78 is 16.3. The quantitative estimate of drug-likeness (QED) is 0.348. The molecule has 1 aliphatic rings. The molecular weight excluding hydrogens is 366 g/mol. The molecule has 164 valence electrons. The van der Waals surface area contributed by atoms with E-state index in [4.69, 9.17) is 14.2 Å². The predicted molar refractivity (Wildman–Crippen MR) is 118 cm³/mol. The van der Waals surface area contributed by atoms with Crippen LogP contribution in [0.1, 0.15) is 76.7 Å². The Balaban J connectivity index is 2.07. The summed E-state index contributed by atoms with van der Waals surface area (Å²) in [6.45, 7) is 7.05. The van der Waals surface area contributed by atoms with E-state index in [1.807, 2.05) is 0 Å². The molecule has 29 heavy (non-hydrogen) atoms. The van der Waals surface area contributed by atoms with Gasteiger partial charge in [-0.1, -0.05) is 26.7 Å². The smallest absolute Gasteiger partial charge is 0.307 e. The molecule has 1 heterocycles. The van der Waals surface area contributed by atoms with E-state index in [1.54, 1.807) is 7.11 Å². The van der Waals surface area contributed by atoms with Gasteiger partial charge in [0, 0.05) is 37.6 Å². The Bertz CT molecular complexity index is 619. The molecule has 2 rings (SSSR count). The number of nitrogens with zero attached hydrogens (tertiary/aromatic N) is 1. The Morgan fingerprint density at radius 1 is 1.17 bits per heavy atom. The van der Waals surface area contributed by atoms with Crippen LogP contribution < -0.4 is 9.64 Å². The Morgan fingerprint density at radius 2 is 2.00 bits per heavy atom. The number of carbonyl (C=O) groups excluding carboxylic acids is 1. The Kier molecular flexibility index (Phi) is 10.3. The minimum absolute atomic E-state index is 0.140. The molecule has 0 spiro atoms. The maximum Gasteiger partial charge on any atom is 0.307 e. The molecule has 1 aromatic rings. The first-order valence-electron chi connectivity index (χ1n) is 11.2. The zero-order valence-electron chi connectivity index (χ0n) is 18.7. The standard InChI is InChI=1S/C24H39NO4/c1-5-6-9-13-29-14-11-19(2)20-15-22(17-23(16-20)27-3)25-12-8-7-10-21(25)18-24(26)28-4/h15-17,19,21H,5-14,18H2,1-4H3. The first-order chi connectivity index (χ1) is 14.1. The topological polar surface area (TPSA) is 48.0 Å². The van der Waals surface area contributed by atoms with Crippen molar-refractivity contribution in [2.45, 2.75) is 77.2 Å². The molecule has 0 saturated carbocycles. The predicted octanol–water partition coefficient (Wildman–Crippen LogP) is 5.32. The second-order valence-corrected chi connectivity index (χ2v) is 8.10. The van der Waals surface area contributed by atoms with Gasteiger partial charge in [0.05, 0.1) is 20.6 Å². The molecule has 0 aromatic heterocycles. The lowest BCUT2D eigenvalue weighted by Gasteiger charge is -2.37. The number of methoxy groups -OCH3 is 2. The maximum absolute atomic E-state index is 11.9. The maximum atomic E-state index is 11.9. The second kappa shape index (κ2) is 12.7. The van der Waals surface area contributed by atoms with Gasteiger partial charge >= 0.3 is 5.97 Å². The molecule has 0 bridgehead atoms. The van der Waals surface area contributed by atoms with Gasteiger partial charge < -0.3 is 19.1 Å². The number of hydrogen-bond acceptors (Lipinski definition) is 5. The van der Waals surface area contributed by atoms with E-state index in [-0.39, 0.29) is 12.0 Å². The highest BCUT2D eigenvalue weighted by atomic mass is 16.5. The third kappa shape index (κ3) is 7.54. The highest BCUT2D eigenvalue weighted by Gasteiger charge is 2.26. The number of anilines is 1. The molecule has 0 N–H and O–H groups in total. The number of ether oxygens (including phenoxy) is 3. The average Bonchev–Trinajstić information content (AvgIpc) is 2.75. The number of hydrogen-bond donors (Lipinski definition) is 0. The fraction of sp³-hybridized carbons (Fsp3) is 0.708. The molecule has 1 aliphatic heterocycles. The van der Waals surface area contributed by atoms with E-state index in [2.05, 4.69) is 36.9 Å². The summed E-state index contributed by atoms with van der Waals surface area (Å²) in [6.07, 6.45) is 8.34. The summed E-state index contributed by atoms with van der Waals surface area (Å²) in [7, 11) is 3.18. The zero-order chi connectivity index (χ0) is 21.1. The number of unbranched alkanes of at least 4 members (excludes halogenated alkanes) is 2. The summed E-state index contributed by atoms with van der Waals surface area (Å²) in [5, 5.41) is 0. The van der Waals surface area contributed by atoms with Crippen molar-refractivity contribution in [1.29, 1.82) is 0 Å². The number of esters is 1. The molecule has 2 atom stereocenters. The first-order valence-corrected chi connectivity index (χ1v) is 11.2. The Hall–Kier alpha value is -1.75. The van der Waals surface area contributed by atoms with Crippen molar-refractivity contribution in [3.63, 3.8) is 0 Å². The molecule has 1 saturated heterocycles. The van der Waals surface area contributed by atoms with Crippen LogP contribution in [0.4, 0.5) is 5.69 Å². The van der Waals surface area contributed by atoms with Gasteiger partial charge in [0.25, 0.3) is 0 Å². The lowest BCUT2D eigenvalue weighted by molar-refractivity contribution is -0.141. The van der Waals surface area contributed by atoms with Crippen LogP contribution in [-0.2, 0) is 14.3 Å². The summed E-state index contributed by atoms with van der Waals surface area (Å²) in [5.41, 5.74) is 2.41. The lowest BCUT2D eigenvalue weighted by atomic mass is 9.94. The SMILES string of the molecule is CCCCCOCCC(C)c1cc(OC)cc(N2CCCCC2CC(=O)OC)c1. The molecule has 0 aliphatic carbocycles. The van der Waals surface area contributed by atoms with Crippen LogP contribution in [0.5, 0.6) is 5.75 Å². The van der Waals surface area contributed by atoms with Crippen LogP contribution in [0.25, 0.3) is 0 Å². The van der Waals surface area contributed by atoms with Crippen molar-refractivity contribution < 1.29 is 19.0 Å². The van der Waals surface area contributed by atoms with Gasteiger partial charge in [-0.3, -0.25) is 4.79 Å². The van der Waals surface area contributed by atoms with Crippen LogP contribution in [0, 0.1) is 0 Å². The minimum atomic E-state index is -0.140. The monoisotopic (exact) mass is 405 g/mol. The van der Waals surface area contributed by atoms with E-state index in [0.717, 1.165) is 63.3 Å². The normalized spacial score (nSPS) is 17.8. The van der Waals surface area contributed by atoms with Crippen LogP contribution in [0.3, 0.4) is 0 Å². The van der Waals surface area contributed by atoms with Crippen LogP contribution in [0.15, 0.2) is 18.2 Å². The molecule has 1 fully saturated rings. The van der Waals surface area contributed by atoms with Crippen LogP contribution in [-0.4, -0.2) is 46.0 Å². The molecule has 0 amide bonds. The van der Waals surface area contributed by atoms with Gasteiger partial charge in [-0.25, -0.2) is 0 Å². The van der Waals surface area contributed by atoms with E-state index in [9.17, 15) is 4.79 Å². The highest BCUT2D eigenvalue weighted by molar-refractivity contribution is 5.71. The number of carbonyl (C=O) groups is 1. The van der Waals surface area contributed by atoms with Gasteiger partial charge in [0.1, 0.15) is 5.75 Å². The largest absolute Gasteiger partial charge is 0.497 e. The summed E-state index contributed by atoms with van der Waals surface area (Å²) in [4.78, 5) is 14.2. The lowest BCUT2D eigenvalue weighted by Crippen LogP contribution is -2.41. The molecule has 5 nitrogen and oxygen atoms in total. The Morgan fingerprint density at radius 3 is 2.72 bits per heavy atom. The highest BCUT2D eigenvalue weighted by Crippen LogP contribution is 2.33. The van der Waals surface area contributed by atoms with Crippen LogP contribution >= 0.6 is 0 Å². The fourth-order valence-corrected chi connectivity index (χ4v) is 3.99. The van der Waals surface area contributed by atoms with Crippen molar-refractivity contribution in [2.24, 2.45) is 0 Å². The summed E-state index contributed by atoms with van der Waals surface area (Å²) >= 11 is 0. The van der Waals surface area contributed by atoms with E-state index in [1.165, 1.54) is 25.5 Å². The van der Waals surface area contributed by atoms with Crippen molar-refractivity contribution in [2.75, 3.05) is 38.9 Å². The zero-order valence-corrected chi connectivity index (χ0v) is 18.7. The number of rotatable bonds is 12. The molecule has 0 radical (unpaired) electrons. The van der Waals surface area contributed by atoms with Crippen molar-refractivity contribution in [3.05, 3.63) is 23.8 Å². The van der Waals surface area contributed by atoms with Gasteiger partial charge in [-0.2, -0.15) is 0 Å². The van der Waals surface area contributed by atoms with Crippen molar-refractivity contribution in [3.8, 4) is 5.75 Å². The third-order valence-corrected chi connectivity index (χ3v) is 5.89. The van der Waals surface area contributed by atoms with Gasteiger partial charge in [0.15, 0.2) is 0 Å². The van der Waals surface area contributed by atoms with Crippen molar-refractivity contribution >= 4 is 11.7 Å². The molecule has 1 aromatic carbocycles. The molecule has 5 heteroatoms. The Labute approximate surface area is 176 Å². The summed E-state index contributed by atoms with van der Waals surface area (Å²) in [6, 6.07) is 6.67. The summed E-state index contributed by atoms with van der Waals surface area (Å²) in [5.74, 6) is 1.12. The van der Waals surface area contributed by atoms with Crippen LogP contribution in [0.2, 0.25) is 0 Å².